The van der Waals surface area contributed by atoms with E-state index in [0.29, 0.717) is 10.0 Å². The van der Waals surface area contributed by atoms with E-state index in [4.69, 9.17) is 23.2 Å². The van der Waals surface area contributed by atoms with Crippen LogP contribution in [0.15, 0.2) is 48.5 Å². The van der Waals surface area contributed by atoms with Gasteiger partial charge in [-0.05, 0) is 42.3 Å². The van der Waals surface area contributed by atoms with Crippen molar-refractivity contribution in [3.8, 4) is 0 Å². The molecule has 1 heterocycles. The molecule has 0 unspecified atom stereocenters. The molecule has 3 rings (SSSR count). The molecular weight excluding hydrogens is 307 g/mol. The summed E-state index contributed by atoms with van der Waals surface area (Å²) in [5.74, 6) is 0. The Morgan fingerprint density at radius 1 is 1.05 bits per heavy atom. The fourth-order valence-corrected chi connectivity index (χ4v) is 3.06. The molecule has 2 aromatic rings. The van der Waals surface area contributed by atoms with Crippen molar-refractivity contribution < 1.29 is 4.79 Å². The van der Waals surface area contributed by atoms with E-state index in [1.807, 2.05) is 55.5 Å². The van der Waals surface area contributed by atoms with Gasteiger partial charge < -0.3 is 10.6 Å². The zero-order valence-electron chi connectivity index (χ0n) is 11.4. The van der Waals surface area contributed by atoms with E-state index in [1.54, 1.807) is 0 Å². The second kappa shape index (κ2) is 5.24. The highest BCUT2D eigenvalue weighted by molar-refractivity contribution is 6.30. The van der Waals surface area contributed by atoms with Gasteiger partial charge in [-0.1, -0.05) is 47.5 Å². The number of hydrogen-bond donors (Lipinski definition) is 2. The molecule has 21 heavy (non-hydrogen) atoms. The number of rotatable bonds is 2. The van der Waals surface area contributed by atoms with Gasteiger partial charge in [0.2, 0.25) is 0 Å². The van der Waals surface area contributed by atoms with Crippen LogP contribution < -0.4 is 10.6 Å². The molecule has 0 bridgehead atoms. The van der Waals surface area contributed by atoms with Gasteiger partial charge in [-0.25, -0.2) is 4.79 Å². The zero-order chi connectivity index (χ0) is 15.0. The molecule has 0 saturated carbocycles. The fourth-order valence-electron chi connectivity index (χ4n) is 2.74. The lowest BCUT2D eigenvalue weighted by molar-refractivity contribution is 0.245. The Morgan fingerprint density at radius 3 is 2.43 bits per heavy atom. The highest BCUT2D eigenvalue weighted by Crippen LogP contribution is 2.39. The van der Waals surface area contributed by atoms with Crippen molar-refractivity contribution in [3.05, 3.63) is 69.7 Å². The van der Waals surface area contributed by atoms with Gasteiger partial charge in [0.1, 0.15) is 0 Å². The number of nitrogens with one attached hydrogen (secondary N) is 2. The van der Waals surface area contributed by atoms with E-state index in [1.165, 1.54) is 0 Å². The Balaban J connectivity index is 2.06. The van der Waals surface area contributed by atoms with E-state index in [9.17, 15) is 4.79 Å². The molecule has 3 nitrogen and oxygen atoms in total. The van der Waals surface area contributed by atoms with E-state index in [2.05, 4.69) is 10.6 Å². The summed E-state index contributed by atoms with van der Waals surface area (Å²) in [6.07, 6.45) is 0. The molecule has 5 heteroatoms. The van der Waals surface area contributed by atoms with Gasteiger partial charge in [-0.3, -0.25) is 0 Å². The normalized spacial score (nSPS) is 24.5. The summed E-state index contributed by atoms with van der Waals surface area (Å²) in [4.78, 5) is 11.9. The third-order valence-corrected chi connectivity index (χ3v) is 4.34. The van der Waals surface area contributed by atoms with Gasteiger partial charge in [-0.2, -0.15) is 0 Å². The minimum absolute atomic E-state index is 0.194. The standard InChI is InChI=1S/C16H14Cl2N2O/c1-16(11-3-2-4-13(18)9-11)14(19-15(21)20-16)10-5-7-12(17)8-6-10/h2-9,14H,1H3,(H2,19,20,21)/t14-,16-/m0/s1. The van der Waals surface area contributed by atoms with Gasteiger partial charge in [0, 0.05) is 10.0 Å². The maximum absolute atomic E-state index is 11.9. The van der Waals surface area contributed by atoms with Crippen LogP contribution in [0.1, 0.15) is 24.1 Å². The summed E-state index contributed by atoms with van der Waals surface area (Å²) in [5, 5.41) is 7.27. The summed E-state index contributed by atoms with van der Waals surface area (Å²) in [5.41, 5.74) is 1.36. The number of hydrogen-bond acceptors (Lipinski definition) is 1. The van der Waals surface area contributed by atoms with Crippen LogP contribution in [0, 0.1) is 0 Å². The second-order valence-electron chi connectivity index (χ2n) is 5.30. The van der Waals surface area contributed by atoms with Crippen LogP contribution in [0.5, 0.6) is 0 Å². The van der Waals surface area contributed by atoms with Crippen LogP contribution in [-0.2, 0) is 5.54 Å². The van der Waals surface area contributed by atoms with Crippen molar-refractivity contribution in [1.82, 2.24) is 10.6 Å². The Hall–Kier alpha value is -1.71. The van der Waals surface area contributed by atoms with Gasteiger partial charge in [-0.15, -0.1) is 0 Å². The van der Waals surface area contributed by atoms with Gasteiger partial charge in [0.15, 0.2) is 0 Å². The lowest BCUT2D eigenvalue weighted by atomic mass is 9.82. The van der Waals surface area contributed by atoms with Crippen molar-refractivity contribution in [2.24, 2.45) is 0 Å². The quantitative estimate of drug-likeness (QED) is 0.852. The van der Waals surface area contributed by atoms with Gasteiger partial charge in [0.05, 0.1) is 11.6 Å². The number of benzene rings is 2. The van der Waals surface area contributed by atoms with Crippen LogP contribution in [0.4, 0.5) is 4.79 Å². The molecule has 108 valence electrons. The molecule has 0 radical (unpaired) electrons. The Kier molecular flexibility index (Phi) is 3.56. The molecule has 0 spiro atoms. The summed E-state index contributed by atoms with van der Waals surface area (Å²) in [6, 6.07) is 14.6. The smallest absolute Gasteiger partial charge is 0.316 e. The number of amides is 2. The number of carbonyl (C=O) groups excluding carboxylic acids is 1. The molecule has 0 aliphatic carbocycles. The number of carbonyl (C=O) groups is 1. The Morgan fingerprint density at radius 2 is 1.76 bits per heavy atom. The van der Waals surface area contributed by atoms with Crippen LogP contribution >= 0.6 is 23.2 Å². The number of urea groups is 1. The van der Waals surface area contributed by atoms with Crippen LogP contribution in [0.2, 0.25) is 10.0 Å². The topological polar surface area (TPSA) is 41.1 Å². The molecule has 2 aromatic carbocycles. The first-order valence-corrected chi connectivity index (χ1v) is 7.35. The van der Waals surface area contributed by atoms with Crippen molar-refractivity contribution in [2.45, 2.75) is 18.5 Å². The SMILES string of the molecule is C[C@@]1(c2cccc(Cl)c2)NC(=O)N[C@H]1c1ccc(Cl)cc1. The molecule has 1 fully saturated rings. The molecule has 1 aliphatic rings. The van der Waals surface area contributed by atoms with Gasteiger partial charge >= 0.3 is 6.03 Å². The average molecular weight is 321 g/mol. The zero-order valence-corrected chi connectivity index (χ0v) is 12.9. The van der Waals surface area contributed by atoms with Crippen molar-refractivity contribution >= 4 is 29.2 Å². The van der Waals surface area contributed by atoms with E-state index in [-0.39, 0.29) is 12.1 Å². The maximum atomic E-state index is 11.9. The maximum Gasteiger partial charge on any atom is 0.316 e. The lowest BCUT2D eigenvalue weighted by Gasteiger charge is -2.31. The minimum Gasteiger partial charge on any atom is -0.329 e. The van der Waals surface area contributed by atoms with Crippen LogP contribution in [0.25, 0.3) is 0 Å². The van der Waals surface area contributed by atoms with Crippen LogP contribution in [-0.4, -0.2) is 6.03 Å². The predicted octanol–water partition coefficient (Wildman–Crippen LogP) is 4.26. The first kappa shape index (κ1) is 14.2. The minimum atomic E-state index is -0.574. The lowest BCUT2D eigenvalue weighted by Crippen LogP contribution is -2.39. The predicted molar refractivity (Wildman–Crippen MR) is 84.7 cm³/mol. The van der Waals surface area contributed by atoms with Crippen molar-refractivity contribution in [2.75, 3.05) is 0 Å². The van der Waals surface area contributed by atoms with Crippen molar-refractivity contribution in [3.63, 3.8) is 0 Å². The molecular formula is C16H14Cl2N2O. The molecule has 1 aliphatic heterocycles. The fraction of sp³-hybridized carbons (Fsp3) is 0.188. The third-order valence-electron chi connectivity index (χ3n) is 3.85. The number of halogens is 2. The molecule has 2 N–H and O–H groups in total. The monoisotopic (exact) mass is 320 g/mol. The summed E-state index contributed by atoms with van der Waals surface area (Å²) >= 11 is 12.0. The summed E-state index contributed by atoms with van der Waals surface area (Å²) in [6.45, 7) is 1.98. The second-order valence-corrected chi connectivity index (χ2v) is 6.17. The molecule has 0 aromatic heterocycles. The molecule has 2 atom stereocenters. The first-order valence-electron chi connectivity index (χ1n) is 6.59. The summed E-state index contributed by atoms with van der Waals surface area (Å²) in [7, 11) is 0. The Labute approximate surface area is 133 Å². The Bertz CT molecular complexity index is 687. The first-order chi connectivity index (χ1) is 9.99. The molecule has 2 amide bonds. The van der Waals surface area contributed by atoms with E-state index in [0.717, 1.165) is 11.1 Å². The van der Waals surface area contributed by atoms with Gasteiger partial charge in [0.25, 0.3) is 0 Å². The van der Waals surface area contributed by atoms with E-state index >= 15 is 0 Å². The van der Waals surface area contributed by atoms with Crippen LogP contribution in [0.3, 0.4) is 0 Å². The largest absolute Gasteiger partial charge is 0.329 e. The molecule has 1 saturated heterocycles. The van der Waals surface area contributed by atoms with Crippen molar-refractivity contribution in [1.29, 1.82) is 0 Å². The third kappa shape index (κ3) is 2.59. The summed E-state index contributed by atoms with van der Waals surface area (Å²) < 4.78 is 0. The van der Waals surface area contributed by atoms with E-state index < -0.39 is 5.54 Å². The highest BCUT2D eigenvalue weighted by Gasteiger charge is 2.44. The highest BCUT2D eigenvalue weighted by atomic mass is 35.5. The average Bonchev–Trinajstić information content (AvgIpc) is 2.76.